The van der Waals surface area contributed by atoms with E-state index in [2.05, 4.69) is 26.3 Å². The lowest BCUT2D eigenvalue weighted by Gasteiger charge is -2.34. The van der Waals surface area contributed by atoms with Crippen molar-refractivity contribution in [3.8, 4) is 6.07 Å². The van der Waals surface area contributed by atoms with Crippen LogP contribution in [0.5, 0.6) is 0 Å². The molecule has 0 saturated carbocycles. The summed E-state index contributed by atoms with van der Waals surface area (Å²) in [6, 6.07) is 7.43. The molecule has 2 fully saturated rings. The Bertz CT molecular complexity index is 1710. The molecule has 2 aromatic heterocycles. The normalized spacial score (nSPS) is 29.0. The van der Waals surface area contributed by atoms with Crippen molar-refractivity contribution in [2.75, 3.05) is 36.5 Å². The van der Waals surface area contributed by atoms with E-state index in [1.54, 1.807) is 17.6 Å². The molecule has 8 nitrogen and oxygen atoms in total. The van der Waals surface area contributed by atoms with Crippen molar-refractivity contribution in [2.24, 2.45) is 5.92 Å². The molecular formula is C34H41F3N6O2S. The highest BCUT2D eigenvalue weighted by Crippen LogP contribution is 2.41. The van der Waals surface area contributed by atoms with Gasteiger partial charge >= 0.3 is 0 Å². The SMILES string of the molecule is C[C@H]1Nc2ncnc3c2cc(C2(C#N)CCS(=O)CC2)c(=O)n3CCCCCCN2CCC(CC2)CC(F)(F)c2cccc1c2F. The number of nitrogens with one attached hydrogen (secondary N) is 1. The third-order valence-electron chi connectivity index (χ3n) is 10.2. The number of alkyl halides is 2. The fourth-order valence-electron chi connectivity index (χ4n) is 7.39. The quantitative estimate of drug-likeness (QED) is 0.335. The number of rotatable bonds is 1. The zero-order valence-corrected chi connectivity index (χ0v) is 27.1. The summed E-state index contributed by atoms with van der Waals surface area (Å²) in [5.74, 6) is -3.45. The molecule has 46 heavy (non-hydrogen) atoms. The van der Waals surface area contributed by atoms with Gasteiger partial charge in [0.2, 0.25) is 0 Å². The molecule has 4 aliphatic rings. The Morgan fingerprint density at radius 2 is 1.74 bits per heavy atom. The number of anilines is 1. The largest absolute Gasteiger partial charge is 0.363 e. The first-order valence-corrected chi connectivity index (χ1v) is 17.9. The topological polar surface area (TPSA) is 104 Å². The lowest BCUT2D eigenvalue weighted by atomic mass is 9.77. The highest BCUT2D eigenvalue weighted by molar-refractivity contribution is 7.85. The summed E-state index contributed by atoms with van der Waals surface area (Å²) in [5.41, 5.74) is -1.20. The Kier molecular flexibility index (Phi) is 9.53. The molecule has 1 N–H and O–H groups in total. The van der Waals surface area contributed by atoms with Crippen LogP contribution in [0.1, 0.15) is 87.4 Å². The van der Waals surface area contributed by atoms with E-state index in [9.17, 15) is 14.3 Å². The highest BCUT2D eigenvalue weighted by atomic mass is 32.2. The molecule has 4 aliphatic heterocycles. The number of halogens is 3. The van der Waals surface area contributed by atoms with Crippen molar-refractivity contribution in [3.05, 3.63) is 63.5 Å². The molecule has 7 rings (SSSR count). The molecule has 0 amide bonds. The fraction of sp³-hybridized carbons (Fsp3) is 0.588. The monoisotopic (exact) mass is 654 g/mol. The van der Waals surface area contributed by atoms with E-state index in [1.165, 1.54) is 24.5 Å². The summed E-state index contributed by atoms with van der Waals surface area (Å²) in [4.78, 5) is 25.4. The van der Waals surface area contributed by atoms with Crippen LogP contribution in [0, 0.1) is 23.1 Å². The van der Waals surface area contributed by atoms with Gasteiger partial charge in [0.1, 0.15) is 23.6 Å². The van der Waals surface area contributed by atoms with E-state index in [0.29, 0.717) is 66.1 Å². The summed E-state index contributed by atoms with van der Waals surface area (Å²) in [6.45, 7) is 4.49. The van der Waals surface area contributed by atoms with Crippen molar-refractivity contribution < 1.29 is 17.4 Å². The summed E-state index contributed by atoms with van der Waals surface area (Å²) < 4.78 is 61.1. The van der Waals surface area contributed by atoms with Crippen LogP contribution in [-0.4, -0.2) is 54.8 Å². The number of piperidine rings is 1. The van der Waals surface area contributed by atoms with Crippen LogP contribution in [0.15, 0.2) is 35.4 Å². The number of hydrogen-bond donors (Lipinski definition) is 1. The van der Waals surface area contributed by atoms with Crippen LogP contribution < -0.4 is 10.9 Å². The van der Waals surface area contributed by atoms with E-state index >= 15 is 13.2 Å². The molecule has 0 unspecified atom stereocenters. The number of fused-ring (bicyclic) bond motifs is 9. The van der Waals surface area contributed by atoms with Crippen LogP contribution >= 0.6 is 0 Å². The van der Waals surface area contributed by atoms with Gasteiger partial charge in [-0.05, 0) is 77.1 Å². The number of pyridine rings is 1. The summed E-state index contributed by atoms with van der Waals surface area (Å²) in [5, 5.41) is 14.1. The lowest BCUT2D eigenvalue weighted by molar-refractivity contribution is -0.0401. The van der Waals surface area contributed by atoms with Gasteiger partial charge in [0, 0.05) is 46.4 Å². The van der Waals surface area contributed by atoms with E-state index in [0.717, 1.165) is 45.3 Å². The third kappa shape index (κ3) is 6.45. The second-order valence-corrected chi connectivity index (χ2v) is 14.9. The van der Waals surface area contributed by atoms with Crippen molar-refractivity contribution in [1.29, 1.82) is 5.26 Å². The van der Waals surface area contributed by atoms with Crippen LogP contribution in [0.4, 0.5) is 19.0 Å². The number of benzene rings is 1. The van der Waals surface area contributed by atoms with E-state index in [4.69, 9.17) is 0 Å². The Balaban J connectivity index is 1.44. The average Bonchev–Trinajstić information content (AvgIpc) is 3.04. The Hall–Kier alpha value is -3.30. The predicted molar refractivity (Wildman–Crippen MR) is 173 cm³/mol. The van der Waals surface area contributed by atoms with Crippen LogP contribution in [0.3, 0.4) is 0 Å². The molecule has 0 aliphatic carbocycles. The van der Waals surface area contributed by atoms with Crippen LogP contribution in [0.25, 0.3) is 11.0 Å². The first-order valence-electron chi connectivity index (χ1n) is 16.4. The fourth-order valence-corrected chi connectivity index (χ4v) is 8.74. The van der Waals surface area contributed by atoms with Gasteiger partial charge in [-0.1, -0.05) is 31.0 Å². The Labute approximate surface area is 269 Å². The Morgan fingerprint density at radius 1 is 1.02 bits per heavy atom. The second kappa shape index (κ2) is 13.4. The van der Waals surface area contributed by atoms with Gasteiger partial charge in [-0.3, -0.25) is 13.6 Å². The highest BCUT2D eigenvalue weighted by Gasteiger charge is 2.41. The average molecular weight is 655 g/mol. The zero-order valence-electron chi connectivity index (χ0n) is 26.2. The number of aromatic nitrogens is 3. The molecule has 8 bridgehead atoms. The lowest BCUT2D eigenvalue weighted by Crippen LogP contribution is -2.40. The molecule has 0 radical (unpaired) electrons. The van der Waals surface area contributed by atoms with Crippen molar-refractivity contribution >= 4 is 27.7 Å². The molecule has 6 heterocycles. The predicted octanol–water partition coefficient (Wildman–Crippen LogP) is 6.18. The van der Waals surface area contributed by atoms with Gasteiger partial charge in [0.15, 0.2) is 0 Å². The molecular weight excluding hydrogens is 613 g/mol. The summed E-state index contributed by atoms with van der Waals surface area (Å²) in [6.07, 6.45) is 6.44. The van der Waals surface area contributed by atoms with Gasteiger partial charge in [0.05, 0.1) is 28.5 Å². The van der Waals surface area contributed by atoms with E-state index in [-0.39, 0.29) is 23.5 Å². The third-order valence-corrected chi connectivity index (χ3v) is 11.5. The molecule has 3 aromatic rings. The van der Waals surface area contributed by atoms with E-state index in [1.807, 2.05) is 0 Å². The van der Waals surface area contributed by atoms with Crippen LogP contribution in [-0.2, 0) is 28.7 Å². The number of hydrogen-bond acceptors (Lipinski definition) is 7. The minimum absolute atomic E-state index is 0.0847. The van der Waals surface area contributed by atoms with Crippen molar-refractivity contribution in [3.63, 3.8) is 0 Å². The summed E-state index contributed by atoms with van der Waals surface area (Å²) in [7, 11) is -1.04. The maximum atomic E-state index is 15.9. The Morgan fingerprint density at radius 3 is 2.46 bits per heavy atom. The second-order valence-electron chi connectivity index (χ2n) is 13.2. The smallest absolute Gasteiger partial charge is 0.276 e. The first-order chi connectivity index (χ1) is 22.1. The van der Waals surface area contributed by atoms with Gasteiger partial charge in [-0.25, -0.2) is 23.1 Å². The van der Waals surface area contributed by atoms with Gasteiger partial charge in [-0.15, -0.1) is 0 Å². The van der Waals surface area contributed by atoms with Crippen molar-refractivity contribution in [1.82, 2.24) is 19.4 Å². The van der Waals surface area contributed by atoms with Crippen molar-refractivity contribution in [2.45, 2.75) is 88.6 Å². The van der Waals surface area contributed by atoms with E-state index < -0.39 is 39.6 Å². The zero-order chi connectivity index (χ0) is 32.5. The molecule has 246 valence electrons. The molecule has 1 atom stereocenters. The van der Waals surface area contributed by atoms with Gasteiger partial charge in [0.25, 0.3) is 11.5 Å². The maximum Gasteiger partial charge on any atom is 0.276 e. The number of nitriles is 1. The molecule has 2 saturated heterocycles. The summed E-state index contributed by atoms with van der Waals surface area (Å²) >= 11 is 0. The van der Waals surface area contributed by atoms with Gasteiger partial charge < -0.3 is 10.2 Å². The number of aryl methyl sites for hydroxylation is 1. The standard InChI is InChI=1S/C34H41F3N6O2S/c1-23-25-7-6-8-27(29(25)35)34(36,37)20-24-9-15-42(16-10-24)13-4-2-3-5-14-43-31-26(30(41-23)39-22-40-31)19-28(32(43)44)33(21-38)11-17-46(45)18-12-33/h6-8,19,22-24H,2-5,9-18,20H2,1H3,(H,39,40,41)/t23-,33?,46?/m1/s1. The molecule has 0 spiro atoms. The maximum absolute atomic E-state index is 15.9. The molecule has 1 aromatic carbocycles. The minimum atomic E-state index is -3.31. The van der Waals surface area contributed by atoms with Gasteiger partial charge in [-0.2, -0.15) is 5.26 Å². The van der Waals surface area contributed by atoms with Crippen LogP contribution in [0.2, 0.25) is 0 Å². The molecule has 12 heteroatoms. The number of nitrogens with zero attached hydrogens (tertiary/aromatic N) is 5. The first kappa shape index (κ1) is 32.6. The minimum Gasteiger partial charge on any atom is -0.363 e.